The molecule has 0 aliphatic heterocycles. The number of halogens is 1. The van der Waals surface area contributed by atoms with E-state index in [0.29, 0.717) is 6.54 Å². The van der Waals surface area contributed by atoms with Gasteiger partial charge in [0.25, 0.3) is 3.91 Å². The van der Waals surface area contributed by atoms with Crippen molar-refractivity contribution in [1.82, 2.24) is 5.32 Å². The van der Waals surface area contributed by atoms with E-state index in [1.807, 2.05) is 17.5 Å². The van der Waals surface area contributed by atoms with Crippen LogP contribution >= 0.6 is 33.9 Å². The molecule has 0 atom stereocenters. The molecule has 0 aromatic carbocycles. The van der Waals surface area contributed by atoms with Gasteiger partial charge in [-0.15, -0.1) is 11.3 Å². The number of carbonyl (C=O) groups excluding carboxylic acids is 1. The van der Waals surface area contributed by atoms with Gasteiger partial charge in [0.1, 0.15) is 0 Å². The highest BCUT2D eigenvalue weighted by Crippen LogP contribution is 2.07. The first kappa shape index (κ1) is 8.00. The highest BCUT2D eigenvalue weighted by Gasteiger charge is 1.94. The summed E-state index contributed by atoms with van der Waals surface area (Å²) in [5.74, 6) is 0. The Morgan fingerprint density at radius 3 is 3.10 bits per heavy atom. The molecule has 0 saturated carbocycles. The molecule has 1 N–H and O–H groups in total. The first-order valence-corrected chi connectivity index (χ1v) is 4.70. The van der Waals surface area contributed by atoms with Crippen LogP contribution in [0.15, 0.2) is 17.5 Å². The monoisotopic (exact) mass is 267 g/mol. The van der Waals surface area contributed by atoms with Gasteiger partial charge in [0.05, 0.1) is 6.54 Å². The van der Waals surface area contributed by atoms with Gasteiger partial charge in [0.15, 0.2) is 0 Å². The van der Waals surface area contributed by atoms with Crippen molar-refractivity contribution in [2.24, 2.45) is 0 Å². The summed E-state index contributed by atoms with van der Waals surface area (Å²) in [6.45, 7) is 0.652. The van der Waals surface area contributed by atoms with Gasteiger partial charge in [0, 0.05) is 27.5 Å². The van der Waals surface area contributed by atoms with E-state index in [4.69, 9.17) is 0 Å². The third kappa shape index (κ3) is 2.66. The summed E-state index contributed by atoms with van der Waals surface area (Å²) >= 11 is 3.37. The predicted molar refractivity (Wildman–Crippen MR) is 50.6 cm³/mol. The van der Waals surface area contributed by atoms with E-state index in [2.05, 4.69) is 5.32 Å². The summed E-state index contributed by atoms with van der Waals surface area (Å²) in [6, 6.07) is 3.97. The second-order valence-corrected chi connectivity index (χ2v) is 3.72. The molecule has 1 rings (SSSR count). The Balaban J connectivity index is 2.35. The molecule has 0 spiro atoms. The second-order valence-electron chi connectivity index (χ2n) is 1.71. The summed E-state index contributed by atoms with van der Waals surface area (Å²) in [5, 5.41) is 4.70. The number of rotatable bonds is 2. The lowest BCUT2D eigenvalue weighted by Gasteiger charge is -1.94. The molecule has 4 heteroatoms. The van der Waals surface area contributed by atoms with Crippen molar-refractivity contribution < 1.29 is 4.79 Å². The van der Waals surface area contributed by atoms with Crippen LogP contribution in [0, 0.1) is 0 Å². The molecule has 0 fully saturated rings. The first-order valence-electron chi connectivity index (χ1n) is 2.75. The Kier molecular flexibility index (Phi) is 3.14. The molecule has 0 saturated heterocycles. The summed E-state index contributed by atoms with van der Waals surface area (Å²) in [4.78, 5) is 11.6. The Morgan fingerprint density at radius 2 is 2.60 bits per heavy atom. The number of hydrogen-bond donors (Lipinski definition) is 1. The molecule has 0 aliphatic carbocycles. The Hall–Kier alpha value is -0.100. The van der Waals surface area contributed by atoms with E-state index in [1.165, 1.54) is 4.88 Å². The van der Waals surface area contributed by atoms with E-state index < -0.39 is 0 Å². The lowest BCUT2D eigenvalue weighted by molar-refractivity contribution is 0.263. The van der Waals surface area contributed by atoms with Crippen LogP contribution in [0.25, 0.3) is 0 Å². The third-order valence-corrected chi connectivity index (χ3v) is 2.24. The maximum absolute atomic E-state index is 10.4. The van der Waals surface area contributed by atoms with Gasteiger partial charge in [-0.25, -0.2) is 0 Å². The highest BCUT2D eigenvalue weighted by atomic mass is 127. The lowest BCUT2D eigenvalue weighted by Crippen LogP contribution is -2.13. The lowest BCUT2D eigenvalue weighted by atomic mass is 10.5. The first-order chi connectivity index (χ1) is 4.79. The molecule has 2 nitrogen and oxygen atoms in total. The second kappa shape index (κ2) is 3.92. The van der Waals surface area contributed by atoms with Crippen LogP contribution in [0.3, 0.4) is 0 Å². The molecule has 1 heterocycles. The van der Waals surface area contributed by atoms with Crippen LogP contribution in [0.1, 0.15) is 4.88 Å². The number of carbonyl (C=O) groups is 1. The topological polar surface area (TPSA) is 29.1 Å². The molecule has 1 aromatic rings. The number of nitrogens with one attached hydrogen (secondary N) is 1. The van der Waals surface area contributed by atoms with Crippen LogP contribution in [0.2, 0.25) is 0 Å². The van der Waals surface area contributed by atoms with E-state index in [1.54, 1.807) is 33.9 Å². The summed E-state index contributed by atoms with van der Waals surface area (Å²) < 4.78 is -0.00833. The SMILES string of the molecule is O=C(I)NCc1cccs1. The molecule has 1 amide bonds. The van der Waals surface area contributed by atoms with E-state index in [0.717, 1.165) is 0 Å². The van der Waals surface area contributed by atoms with Crippen molar-refractivity contribution >= 4 is 37.8 Å². The molecule has 54 valence electrons. The Morgan fingerprint density at radius 1 is 1.80 bits per heavy atom. The zero-order chi connectivity index (χ0) is 7.40. The summed E-state index contributed by atoms with van der Waals surface area (Å²) in [6.07, 6.45) is 0. The van der Waals surface area contributed by atoms with E-state index in [9.17, 15) is 4.79 Å². The minimum Gasteiger partial charge on any atom is -0.343 e. The van der Waals surface area contributed by atoms with Crippen LogP contribution < -0.4 is 5.32 Å². The molecule has 0 bridgehead atoms. The van der Waals surface area contributed by atoms with Crippen LogP contribution in [0.5, 0.6) is 0 Å². The van der Waals surface area contributed by atoms with Crippen molar-refractivity contribution in [3.63, 3.8) is 0 Å². The fourth-order valence-electron chi connectivity index (χ4n) is 0.570. The van der Waals surface area contributed by atoms with Gasteiger partial charge in [-0.05, 0) is 11.4 Å². The zero-order valence-corrected chi connectivity index (χ0v) is 8.11. The van der Waals surface area contributed by atoms with Crippen LogP contribution in [-0.4, -0.2) is 3.91 Å². The van der Waals surface area contributed by atoms with Crippen molar-refractivity contribution in [2.75, 3.05) is 0 Å². The number of hydrogen-bond acceptors (Lipinski definition) is 2. The molecule has 10 heavy (non-hydrogen) atoms. The Labute approximate surface area is 76.8 Å². The van der Waals surface area contributed by atoms with Gasteiger partial charge in [-0.3, -0.25) is 4.79 Å². The smallest absolute Gasteiger partial charge is 0.280 e. The largest absolute Gasteiger partial charge is 0.343 e. The standard InChI is InChI=1S/C6H6INOS/c7-6(9)8-4-5-2-1-3-10-5/h1-3H,4H2,(H,8,9). The fraction of sp³-hybridized carbons (Fsp3) is 0.167. The van der Waals surface area contributed by atoms with Gasteiger partial charge >= 0.3 is 0 Å². The average Bonchev–Trinajstić information content (AvgIpc) is 2.34. The summed E-state index contributed by atoms with van der Waals surface area (Å²) in [7, 11) is 0. The van der Waals surface area contributed by atoms with Crippen molar-refractivity contribution in [3.05, 3.63) is 22.4 Å². The van der Waals surface area contributed by atoms with Crippen LogP contribution in [0.4, 0.5) is 4.79 Å². The normalized spacial score (nSPS) is 9.30. The number of thiophene rings is 1. The van der Waals surface area contributed by atoms with Gasteiger partial charge in [-0.2, -0.15) is 0 Å². The number of amides is 1. The third-order valence-electron chi connectivity index (χ3n) is 0.982. The van der Waals surface area contributed by atoms with Crippen molar-refractivity contribution in [2.45, 2.75) is 6.54 Å². The minimum atomic E-state index is -0.00833. The maximum atomic E-state index is 10.4. The van der Waals surface area contributed by atoms with Crippen molar-refractivity contribution in [1.29, 1.82) is 0 Å². The average molecular weight is 267 g/mol. The quantitative estimate of drug-likeness (QED) is 0.497. The van der Waals surface area contributed by atoms with Crippen LogP contribution in [-0.2, 0) is 6.54 Å². The van der Waals surface area contributed by atoms with Gasteiger partial charge in [-0.1, -0.05) is 6.07 Å². The molecule has 0 aliphatic rings. The molecular weight excluding hydrogens is 261 g/mol. The van der Waals surface area contributed by atoms with E-state index in [-0.39, 0.29) is 3.91 Å². The summed E-state index contributed by atoms with van der Waals surface area (Å²) in [5.41, 5.74) is 0. The van der Waals surface area contributed by atoms with Gasteiger partial charge < -0.3 is 5.32 Å². The maximum Gasteiger partial charge on any atom is 0.280 e. The van der Waals surface area contributed by atoms with E-state index >= 15 is 0 Å². The van der Waals surface area contributed by atoms with Gasteiger partial charge in [0.2, 0.25) is 0 Å². The molecule has 0 unspecified atom stereocenters. The zero-order valence-electron chi connectivity index (χ0n) is 5.13. The highest BCUT2D eigenvalue weighted by molar-refractivity contribution is 14.1. The van der Waals surface area contributed by atoms with Crippen molar-refractivity contribution in [3.8, 4) is 0 Å². The Bertz CT molecular complexity index is 210. The molecule has 0 radical (unpaired) electrons. The molecular formula is C6H6INOS. The molecule has 1 aromatic heterocycles. The predicted octanol–water partition coefficient (Wildman–Crippen LogP) is 2.39. The fourth-order valence-corrected chi connectivity index (χ4v) is 1.41. The minimum absolute atomic E-state index is 0.00833.